The van der Waals surface area contributed by atoms with Gasteiger partial charge in [-0.15, -0.1) is 11.3 Å². The normalized spacial score (nSPS) is 11.4. The molecule has 0 saturated carbocycles. The Morgan fingerprint density at radius 2 is 2.29 bits per heavy atom. The van der Waals surface area contributed by atoms with Crippen LogP contribution in [0.25, 0.3) is 10.2 Å². The molecule has 0 bridgehead atoms. The number of benzene rings is 1. The molecule has 0 aliphatic heterocycles. The molecule has 0 unspecified atom stereocenters. The van der Waals surface area contributed by atoms with Crippen molar-refractivity contribution in [1.29, 1.82) is 0 Å². The molecule has 2 rings (SSSR count). The smallest absolute Gasteiger partial charge is 0.0907 e. The Morgan fingerprint density at radius 1 is 1.47 bits per heavy atom. The van der Waals surface area contributed by atoms with Gasteiger partial charge in [-0.05, 0) is 32.4 Å². The van der Waals surface area contributed by atoms with Crippen LogP contribution in [-0.4, -0.2) is 11.5 Å². The third-order valence-electron chi connectivity index (χ3n) is 2.53. The van der Waals surface area contributed by atoms with Crippen LogP contribution in [0.15, 0.2) is 24.3 Å². The van der Waals surface area contributed by atoms with Gasteiger partial charge in [0.05, 0.1) is 26.6 Å². The molecule has 1 heterocycles. The zero-order valence-electron chi connectivity index (χ0n) is 10.2. The first kappa shape index (κ1) is 11.9. The first-order chi connectivity index (χ1) is 8.20. The van der Waals surface area contributed by atoms with Crippen molar-refractivity contribution in [3.8, 4) is 0 Å². The van der Waals surface area contributed by atoms with Crippen molar-refractivity contribution >= 4 is 32.9 Å². The molecule has 0 aliphatic rings. The van der Waals surface area contributed by atoms with E-state index in [-0.39, 0.29) is 0 Å². The SMILES string of the molecule is C/C=C/CCNc1cc2nc(C)sc2cc1N. The summed E-state index contributed by atoms with van der Waals surface area (Å²) in [7, 11) is 0. The lowest BCUT2D eigenvalue weighted by atomic mass is 10.2. The molecule has 3 N–H and O–H groups in total. The number of aryl methyl sites for hydroxylation is 1. The molecule has 3 nitrogen and oxygen atoms in total. The minimum Gasteiger partial charge on any atom is -0.397 e. The topological polar surface area (TPSA) is 50.9 Å². The highest BCUT2D eigenvalue weighted by Gasteiger charge is 2.05. The van der Waals surface area contributed by atoms with E-state index in [1.165, 1.54) is 0 Å². The van der Waals surface area contributed by atoms with Crippen molar-refractivity contribution in [2.24, 2.45) is 0 Å². The number of fused-ring (bicyclic) bond motifs is 1. The number of aromatic nitrogens is 1. The maximum Gasteiger partial charge on any atom is 0.0907 e. The Balaban J connectivity index is 2.18. The van der Waals surface area contributed by atoms with Crippen molar-refractivity contribution in [2.45, 2.75) is 20.3 Å². The molecule has 0 amide bonds. The summed E-state index contributed by atoms with van der Waals surface area (Å²) in [4.78, 5) is 4.47. The fourth-order valence-electron chi connectivity index (χ4n) is 1.71. The number of hydrogen-bond donors (Lipinski definition) is 2. The number of nitrogens with two attached hydrogens (primary N) is 1. The van der Waals surface area contributed by atoms with Crippen LogP contribution < -0.4 is 11.1 Å². The van der Waals surface area contributed by atoms with Crippen molar-refractivity contribution in [2.75, 3.05) is 17.6 Å². The Bertz CT molecular complexity index is 543. The van der Waals surface area contributed by atoms with Crippen LogP contribution in [0.4, 0.5) is 11.4 Å². The van der Waals surface area contributed by atoms with E-state index in [1.54, 1.807) is 11.3 Å². The van der Waals surface area contributed by atoms with Crippen molar-refractivity contribution in [3.63, 3.8) is 0 Å². The number of nitrogens with zero attached hydrogens (tertiary/aromatic N) is 1. The first-order valence-corrected chi connectivity index (χ1v) is 6.54. The Morgan fingerprint density at radius 3 is 3.06 bits per heavy atom. The molecule has 0 aliphatic carbocycles. The highest BCUT2D eigenvalue weighted by molar-refractivity contribution is 7.18. The summed E-state index contributed by atoms with van der Waals surface area (Å²) >= 11 is 1.68. The molecular weight excluding hydrogens is 230 g/mol. The Hall–Kier alpha value is -1.55. The van der Waals surface area contributed by atoms with Crippen LogP contribution in [0.5, 0.6) is 0 Å². The number of anilines is 2. The second-order valence-corrected chi connectivity index (χ2v) is 5.16. The van der Waals surface area contributed by atoms with Crippen LogP contribution in [0.3, 0.4) is 0 Å². The van der Waals surface area contributed by atoms with Gasteiger partial charge in [-0.2, -0.15) is 0 Å². The van der Waals surface area contributed by atoms with Gasteiger partial charge in [0.2, 0.25) is 0 Å². The quantitative estimate of drug-likeness (QED) is 0.493. The molecule has 0 radical (unpaired) electrons. The predicted octanol–water partition coefficient (Wildman–Crippen LogP) is 3.57. The highest BCUT2D eigenvalue weighted by Crippen LogP contribution is 2.29. The Labute approximate surface area is 105 Å². The van der Waals surface area contributed by atoms with Crippen molar-refractivity contribution in [3.05, 3.63) is 29.3 Å². The average Bonchev–Trinajstić information content (AvgIpc) is 2.63. The summed E-state index contributed by atoms with van der Waals surface area (Å²) in [5, 5.41) is 4.41. The second kappa shape index (κ2) is 5.19. The standard InChI is InChI=1S/C13H17N3S/c1-3-4-5-6-15-11-8-12-13(7-10(11)14)17-9(2)16-12/h3-4,7-8,15H,5-6,14H2,1-2H3/b4-3+. The molecule has 4 heteroatoms. The van der Waals surface area contributed by atoms with Gasteiger partial charge in [-0.1, -0.05) is 12.2 Å². The van der Waals surface area contributed by atoms with E-state index in [9.17, 15) is 0 Å². The molecule has 1 aromatic carbocycles. The minimum atomic E-state index is 0.793. The zero-order valence-corrected chi connectivity index (χ0v) is 11.0. The molecule has 0 fully saturated rings. The molecule has 1 aromatic heterocycles. The largest absolute Gasteiger partial charge is 0.397 e. The third kappa shape index (κ3) is 2.77. The van der Waals surface area contributed by atoms with Gasteiger partial charge in [-0.25, -0.2) is 4.98 Å². The van der Waals surface area contributed by atoms with E-state index >= 15 is 0 Å². The molecule has 0 spiro atoms. The summed E-state index contributed by atoms with van der Waals surface area (Å²) in [6.07, 6.45) is 5.19. The number of nitrogen functional groups attached to an aromatic ring is 1. The predicted molar refractivity (Wildman–Crippen MR) is 76.7 cm³/mol. The van der Waals surface area contributed by atoms with Crippen molar-refractivity contribution < 1.29 is 0 Å². The molecule has 0 saturated heterocycles. The summed E-state index contributed by atoms with van der Waals surface area (Å²) < 4.78 is 1.15. The monoisotopic (exact) mass is 247 g/mol. The van der Waals surface area contributed by atoms with Crippen LogP contribution in [0.1, 0.15) is 18.4 Å². The molecule has 0 atom stereocenters. The zero-order chi connectivity index (χ0) is 12.3. The average molecular weight is 247 g/mol. The van der Waals surface area contributed by atoms with E-state index in [2.05, 4.69) is 22.5 Å². The molecule has 17 heavy (non-hydrogen) atoms. The highest BCUT2D eigenvalue weighted by atomic mass is 32.1. The van der Waals surface area contributed by atoms with Gasteiger partial charge in [-0.3, -0.25) is 0 Å². The first-order valence-electron chi connectivity index (χ1n) is 5.72. The van der Waals surface area contributed by atoms with Crippen LogP contribution in [0.2, 0.25) is 0 Å². The lowest BCUT2D eigenvalue weighted by Gasteiger charge is -2.07. The molecule has 2 aromatic rings. The summed E-state index contributed by atoms with van der Waals surface area (Å²) in [5.41, 5.74) is 8.80. The summed E-state index contributed by atoms with van der Waals surface area (Å²) in [6, 6.07) is 4.03. The maximum atomic E-state index is 6.01. The van der Waals surface area contributed by atoms with Crippen LogP contribution in [0, 0.1) is 6.92 Å². The van der Waals surface area contributed by atoms with Crippen LogP contribution >= 0.6 is 11.3 Å². The lowest BCUT2D eigenvalue weighted by molar-refractivity contribution is 1.07. The van der Waals surface area contributed by atoms with Gasteiger partial charge in [0.25, 0.3) is 0 Å². The van der Waals surface area contributed by atoms with Crippen molar-refractivity contribution in [1.82, 2.24) is 4.98 Å². The van der Waals surface area contributed by atoms with E-state index in [0.717, 1.165) is 39.6 Å². The van der Waals surface area contributed by atoms with Gasteiger partial charge >= 0.3 is 0 Å². The van der Waals surface area contributed by atoms with Gasteiger partial charge in [0.1, 0.15) is 0 Å². The van der Waals surface area contributed by atoms with E-state index in [0.29, 0.717) is 0 Å². The fourth-order valence-corrected chi connectivity index (χ4v) is 2.57. The molecular formula is C13H17N3S. The number of thiazole rings is 1. The van der Waals surface area contributed by atoms with Gasteiger partial charge in [0.15, 0.2) is 0 Å². The number of allylic oxidation sites excluding steroid dienone is 1. The van der Waals surface area contributed by atoms with E-state index < -0.39 is 0 Å². The minimum absolute atomic E-state index is 0.793. The maximum absolute atomic E-state index is 6.01. The number of rotatable bonds is 4. The summed E-state index contributed by atoms with van der Waals surface area (Å²) in [6.45, 7) is 4.93. The van der Waals surface area contributed by atoms with E-state index in [4.69, 9.17) is 5.73 Å². The third-order valence-corrected chi connectivity index (χ3v) is 3.46. The number of hydrogen-bond acceptors (Lipinski definition) is 4. The molecule has 90 valence electrons. The fraction of sp³-hybridized carbons (Fsp3) is 0.308. The van der Waals surface area contributed by atoms with Gasteiger partial charge < -0.3 is 11.1 Å². The van der Waals surface area contributed by atoms with Crippen LogP contribution in [-0.2, 0) is 0 Å². The van der Waals surface area contributed by atoms with Gasteiger partial charge in [0, 0.05) is 6.54 Å². The lowest BCUT2D eigenvalue weighted by Crippen LogP contribution is -2.03. The van der Waals surface area contributed by atoms with E-state index in [1.807, 2.05) is 26.0 Å². The number of nitrogens with one attached hydrogen (secondary N) is 1. The summed E-state index contributed by atoms with van der Waals surface area (Å²) in [5.74, 6) is 0. The Kier molecular flexibility index (Phi) is 3.64. The second-order valence-electron chi connectivity index (χ2n) is 3.92.